The molecule has 0 aliphatic rings. The monoisotopic (exact) mass is 970 g/mol. The Morgan fingerprint density at radius 3 is 1.03 bits per heavy atom. The van der Waals surface area contributed by atoms with E-state index in [1.807, 2.05) is 6.08 Å². The van der Waals surface area contributed by atoms with Crippen molar-refractivity contribution in [1.82, 2.24) is 5.32 Å². The molecule has 0 saturated carbocycles. The van der Waals surface area contributed by atoms with Crippen molar-refractivity contribution in [2.24, 2.45) is 0 Å². The lowest BCUT2D eigenvalue weighted by molar-refractivity contribution is -0.143. The van der Waals surface area contributed by atoms with Crippen molar-refractivity contribution in [3.63, 3.8) is 0 Å². The fourth-order valence-corrected chi connectivity index (χ4v) is 9.39. The number of rotatable bonds is 57. The van der Waals surface area contributed by atoms with Crippen LogP contribution in [0.4, 0.5) is 0 Å². The molecular formula is C63H119NO5. The highest BCUT2D eigenvalue weighted by Crippen LogP contribution is 2.16. The van der Waals surface area contributed by atoms with Crippen LogP contribution < -0.4 is 5.32 Å². The van der Waals surface area contributed by atoms with Gasteiger partial charge in [0.05, 0.1) is 25.4 Å². The topological polar surface area (TPSA) is 95.9 Å². The number of hydrogen-bond acceptors (Lipinski definition) is 5. The fourth-order valence-electron chi connectivity index (χ4n) is 9.39. The number of carbonyl (C=O) groups is 2. The molecule has 1 amide bonds. The minimum atomic E-state index is -0.845. The van der Waals surface area contributed by atoms with Gasteiger partial charge < -0.3 is 20.3 Å². The molecule has 406 valence electrons. The van der Waals surface area contributed by atoms with Gasteiger partial charge in [-0.25, -0.2) is 0 Å². The van der Waals surface area contributed by atoms with Crippen LogP contribution >= 0.6 is 0 Å². The van der Waals surface area contributed by atoms with Crippen molar-refractivity contribution in [2.45, 2.75) is 341 Å². The number of hydrogen-bond donors (Lipinski definition) is 3. The van der Waals surface area contributed by atoms with Crippen molar-refractivity contribution < 1.29 is 24.5 Å². The van der Waals surface area contributed by atoms with E-state index >= 15 is 0 Å². The molecule has 0 aromatic carbocycles. The van der Waals surface area contributed by atoms with Crippen LogP contribution in [0.5, 0.6) is 0 Å². The quantitative estimate of drug-likeness (QED) is 0.0321. The largest absolute Gasteiger partial charge is 0.466 e. The van der Waals surface area contributed by atoms with E-state index in [1.165, 1.54) is 257 Å². The Morgan fingerprint density at radius 2 is 0.681 bits per heavy atom. The normalized spacial score (nSPS) is 12.8. The predicted octanol–water partition coefficient (Wildman–Crippen LogP) is 19.2. The molecule has 0 spiro atoms. The van der Waals surface area contributed by atoms with Gasteiger partial charge >= 0.3 is 5.97 Å². The molecule has 2 atom stereocenters. The second kappa shape index (κ2) is 58.6. The average Bonchev–Trinajstić information content (AvgIpc) is 3.35. The first-order chi connectivity index (χ1) is 34.0. The summed E-state index contributed by atoms with van der Waals surface area (Å²) in [7, 11) is 0. The lowest BCUT2D eigenvalue weighted by Gasteiger charge is -2.20. The molecule has 0 bridgehead atoms. The molecule has 3 N–H and O–H groups in total. The Kier molecular flexibility index (Phi) is 57.0. The zero-order valence-corrected chi connectivity index (χ0v) is 46.3. The minimum absolute atomic E-state index is 0.00547. The van der Waals surface area contributed by atoms with Gasteiger partial charge in [-0.3, -0.25) is 9.59 Å². The van der Waals surface area contributed by atoms with Crippen LogP contribution in [0.25, 0.3) is 0 Å². The summed E-state index contributed by atoms with van der Waals surface area (Å²) in [6.07, 6.45) is 73.3. The summed E-state index contributed by atoms with van der Waals surface area (Å²) >= 11 is 0. The van der Waals surface area contributed by atoms with Crippen molar-refractivity contribution in [3.8, 4) is 0 Å². The molecule has 0 aromatic heterocycles. The molecule has 2 unspecified atom stereocenters. The lowest BCUT2D eigenvalue weighted by atomic mass is 10.0. The van der Waals surface area contributed by atoms with Gasteiger partial charge in [0.25, 0.3) is 0 Å². The summed E-state index contributed by atoms with van der Waals surface area (Å²) in [6, 6.07) is -0.629. The highest BCUT2D eigenvalue weighted by molar-refractivity contribution is 5.76. The van der Waals surface area contributed by atoms with Crippen LogP contribution in [0.1, 0.15) is 328 Å². The van der Waals surface area contributed by atoms with Crippen LogP contribution in [-0.4, -0.2) is 47.4 Å². The second-order valence-electron chi connectivity index (χ2n) is 21.0. The Bertz CT molecular complexity index is 1120. The molecule has 6 nitrogen and oxygen atoms in total. The third-order valence-corrected chi connectivity index (χ3v) is 14.1. The number of aliphatic hydroxyl groups excluding tert-OH is 2. The van der Waals surface area contributed by atoms with E-state index in [9.17, 15) is 19.8 Å². The van der Waals surface area contributed by atoms with Crippen LogP contribution in [0.2, 0.25) is 0 Å². The zero-order valence-electron chi connectivity index (χ0n) is 46.3. The Labute approximate surface area is 430 Å². The average molecular weight is 971 g/mol. The number of esters is 1. The first kappa shape index (κ1) is 67.1. The van der Waals surface area contributed by atoms with Gasteiger partial charge in [0.2, 0.25) is 5.91 Å². The third-order valence-electron chi connectivity index (χ3n) is 14.1. The number of unbranched alkanes of at least 4 members (excludes halogenated alkanes) is 42. The molecule has 0 aromatic rings. The van der Waals surface area contributed by atoms with Gasteiger partial charge in [-0.15, -0.1) is 0 Å². The molecule has 0 fully saturated rings. The van der Waals surface area contributed by atoms with Gasteiger partial charge in [0, 0.05) is 12.8 Å². The zero-order chi connectivity index (χ0) is 50.0. The van der Waals surface area contributed by atoms with Gasteiger partial charge in [-0.1, -0.05) is 269 Å². The molecule has 0 aliphatic carbocycles. The van der Waals surface area contributed by atoms with Crippen LogP contribution in [0.3, 0.4) is 0 Å². The van der Waals surface area contributed by atoms with E-state index in [-0.39, 0.29) is 18.5 Å². The summed E-state index contributed by atoms with van der Waals surface area (Å²) in [5, 5.41) is 23.0. The number of nitrogens with one attached hydrogen (secondary N) is 1. The Balaban J connectivity index is 3.39. The van der Waals surface area contributed by atoms with Crippen LogP contribution in [0, 0.1) is 0 Å². The number of aliphatic hydroxyl groups is 2. The number of amides is 1. The van der Waals surface area contributed by atoms with E-state index in [4.69, 9.17) is 4.74 Å². The molecule has 0 radical (unpaired) electrons. The highest BCUT2D eigenvalue weighted by Gasteiger charge is 2.18. The third kappa shape index (κ3) is 55.2. The second-order valence-corrected chi connectivity index (χ2v) is 21.0. The van der Waals surface area contributed by atoms with E-state index < -0.39 is 12.1 Å². The Morgan fingerprint density at radius 1 is 0.391 bits per heavy atom. The van der Waals surface area contributed by atoms with Crippen LogP contribution in [-0.2, 0) is 14.3 Å². The maximum atomic E-state index is 12.4. The molecule has 0 saturated heterocycles. The molecule has 0 rings (SSSR count). The maximum Gasteiger partial charge on any atom is 0.305 e. The molecule has 6 heteroatoms. The molecule has 0 aliphatic heterocycles. The Hall–Kier alpha value is -1.92. The summed E-state index contributed by atoms with van der Waals surface area (Å²) in [5.41, 5.74) is 0. The number of allylic oxidation sites excluding steroid dienone is 5. The summed E-state index contributed by atoms with van der Waals surface area (Å²) in [4.78, 5) is 24.5. The van der Waals surface area contributed by atoms with Crippen molar-refractivity contribution in [2.75, 3.05) is 13.2 Å². The lowest BCUT2D eigenvalue weighted by Crippen LogP contribution is -2.45. The summed E-state index contributed by atoms with van der Waals surface area (Å²) < 4.78 is 5.48. The molecular weight excluding hydrogens is 851 g/mol. The van der Waals surface area contributed by atoms with Crippen molar-refractivity contribution >= 4 is 11.9 Å². The molecule has 69 heavy (non-hydrogen) atoms. The van der Waals surface area contributed by atoms with Crippen LogP contribution in [0.15, 0.2) is 36.5 Å². The first-order valence-corrected chi connectivity index (χ1v) is 30.8. The SMILES string of the molecule is CCCCCCCCC/C=C\CCCCCCCC(=O)OCCCCCCCCCCCCCC/C=C\CCCCCCCCCCCC(=O)NC(CO)C(O)/C=C/CCCCCCCCCCC. The number of carbonyl (C=O) groups excluding carboxylic acids is 2. The highest BCUT2D eigenvalue weighted by atomic mass is 16.5. The predicted molar refractivity (Wildman–Crippen MR) is 301 cm³/mol. The fraction of sp³-hybridized carbons (Fsp3) is 0.873. The summed E-state index contributed by atoms with van der Waals surface area (Å²) in [5.74, 6) is -0.0666. The molecule has 0 heterocycles. The van der Waals surface area contributed by atoms with E-state index in [1.54, 1.807) is 6.08 Å². The van der Waals surface area contributed by atoms with Gasteiger partial charge in [0.1, 0.15) is 0 Å². The maximum absolute atomic E-state index is 12.4. The van der Waals surface area contributed by atoms with E-state index in [0.717, 1.165) is 44.9 Å². The minimum Gasteiger partial charge on any atom is -0.466 e. The van der Waals surface area contributed by atoms with E-state index in [0.29, 0.717) is 19.4 Å². The smallest absolute Gasteiger partial charge is 0.305 e. The van der Waals surface area contributed by atoms with Crippen molar-refractivity contribution in [1.29, 1.82) is 0 Å². The van der Waals surface area contributed by atoms with E-state index in [2.05, 4.69) is 43.5 Å². The number of ether oxygens (including phenoxy) is 1. The standard InChI is InChI=1S/C63H119NO5/c1-3-5-7-9-11-13-15-16-17-30-33-37-41-45-49-53-57-63(68)69-58-54-50-46-42-38-34-31-28-26-24-22-20-18-19-21-23-25-27-29-32-36-40-44-48-52-56-62(67)64-60(59-65)61(66)55-51-47-43-39-35-14-12-10-8-6-4-2/h17,19,21,30,51,55,60-61,65-66H,3-16,18,20,22-29,31-50,52-54,56-59H2,1-2H3,(H,64,67)/b21-19-,30-17-,55-51+. The first-order valence-electron chi connectivity index (χ1n) is 30.8. The summed E-state index contributed by atoms with van der Waals surface area (Å²) in [6.45, 7) is 4.89. The van der Waals surface area contributed by atoms with Gasteiger partial charge in [-0.2, -0.15) is 0 Å². The van der Waals surface area contributed by atoms with Gasteiger partial charge in [0.15, 0.2) is 0 Å². The van der Waals surface area contributed by atoms with Crippen molar-refractivity contribution in [3.05, 3.63) is 36.5 Å². The van der Waals surface area contributed by atoms with Gasteiger partial charge in [-0.05, 0) is 83.5 Å².